The highest BCUT2D eigenvalue weighted by Crippen LogP contribution is 2.31. The van der Waals surface area contributed by atoms with Gasteiger partial charge < -0.3 is 19.1 Å². The van der Waals surface area contributed by atoms with Crippen LogP contribution in [0.1, 0.15) is 48.5 Å². The number of likely N-dealkylation sites (tertiary alicyclic amines) is 1. The van der Waals surface area contributed by atoms with E-state index in [9.17, 15) is 9.59 Å². The SMILES string of the molecule is CN1C(=O)CCO[C@H]2CN(C(=O)c3cnc4c(c3)ncn4C3CCCC3)C[C@@H]21. The first kappa shape index (κ1) is 17.6. The molecule has 0 spiro atoms. The molecule has 8 nitrogen and oxygen atoms in total. The molecule has 2 aromatic rings. The van der Waals surface area contributed by atoms with Gasteiger partial charge in [-0.1, -0.05) is 12.8 Å². The van der Waals surface area contributed by atoms with Gasteiger partial charge in [-0.2, -0.15) is 0 Å². The van der Waals surface area contributed by atoms with Crippen molar-refractivity contribution in [2.24, 2.45) is 0 Å². The zero-order chi connectivity index (χ0) is 19.3. The Labute approximate surface area is 163 Å². The van der Waals surface area contributed by atoms with Crippen LogP contribution < -0.4 is 0 Å². The summed E-state index contributed by atoms with van der Waals surface area (Å²) < 4.78 is 7.98. The molecule has 2 atom stereocenters. The number of rotatable bonds is 2. The second kappa shape index (κ2) is 6.84. The molecule has 2 amide bonds. The molecule has 28 heavy (non-hydrogen) atoms. The van der Waals surface area contributed by atoms with E-state index in [1.807, 2.05) is 12.4 Å². The molecule has 2 aliphatic heterocycles. The topological polar surface area (TPSA) is 80.6 Å². The number of likely N-dealkylation sites (N-methyl/N-ethyl adjacent to an activating group) is 1. The van der Waals surface area contributed by atoms with Crippen LogP contribution >= 0.6 is 0 Å². The van der Waals surface area contributed by atoms with E-state index in [4.69, 9.17) is 4.74 Å². The second-order valence-electron chi connectivity index (χ2n) is 8.10. The number of hydrogen-bond donors (Lipinski definition) is 0. The number of nitrogens with zero attached hydrogens (tertiary/aromatic N) is 5. The maximum absolute atomic E-state index is 13.1. The van der Waals surface area contributed by atoms with Crippen LogP contribution in [0.15, 0.2) is 18.6 Å². The van der Waals surface area contributed by atoms with Crippen LogP contribution in [-0.4, -0.2) is 75.0 Å². The van der Waals surface area contributed by atoms with Crippen LogP contribution in [0.5, 0.6) is 0 Å². The molecule has 1 aliphatic carbocycles. The number of pyridine rings is 1. The Morgan fingerprint density at radius 1 is 1.21 bits per heavy atom. The van der Waals surface area contributed by atoms with E-state index < -0.39 is 0 Å². The van der Waals surface area contributed by atoms with Crippen molar-refractivity contribution in [1.82, 2.24) is 24.3 Å². The van der Waals surface area contributed by atoms with E-state index in [-0.39, 0.29) is 24.0 Å². The van der Waals surface area contributed by atoms with Gasteiger partial charge in [0.1, 0.15) is 5.52 Å². The van der Waals surface area contributed by atoms with Gasteiger partial charge in [0.25, 0.3) is 5.91 Å². The first-order chi connectivity index (χ1) is 13.6. The zero-order valence-electron chi connectivity index (χ0n) is 16.1. The number of hydrogen-bond acceptors (Lipinski definition) is 5. The van der Waals surface area contributed by atoms with Crippen molar-refractivity contribution in [2.45, 2.75) is 50.3 Å². The Bertz CT molecular complexity index is 920. The van der Waals surface area contributed by atoms with Crippen molar-refractivity contribution >= 4 is 23.0 Å². The lowest BCUT2D eigenvalue weighted by atomic mass is 10.2. The van der Waals surface area contributed by atoms with E-state index in [2.05, 4.69) is 14.5 Å². The Kier molecular flexibility index (Phi) is 4.30. The molecule has 2 saturated heterocycles. The molecule has 3 aliphatic rings. The molecule has 8 heteroatoms. The number of imidazole rings is 1. The van der Waals surface area contributed by atoms with E-state index >= 15 is 0 Å². The van der Waals surface area contributed by atoms with E-state index in [0.29, 0.717) is 37.7 Å². The highest BCUT2D eigenvalue weighted by molar-refractivity contribution is 5.96. The summed E-state index contributed by atoms with van der Waals surface area (Å²) in [4.78, 5) is 37.7. The summed E-state index contributed by atoms with van der Waals surface area (Å²) in [7, 11) is 1.80. The number of carbonyl (C=O) groups excluding carboxylic acids is 2. The highest BCUT2D eigenvalue weighted by atomic mass is 16.5. The summed E-state index contributed by atoms with van der Waals surface area (Å²) in [6, 6.07) is 2.21. The molecule has 3 fully saturated rings. The fourth-order valence-corrected chi connectivity index (χ4v) is 4.79. The molecule has 1 saturated carbocycles. The van der Waals surface area contributed by atoms with Gasteiger partial charge >= 0.3 is 0 Å². The van der Waals surface area contributed by atoms with Gasteiger partial charge in [0.05, 0.1) is 37.1 Å². The molecule has 0 radical (unpaired) electrons. The number of fused-ring (bicyclic) bond motifs is 2. The minimum atomic E-state index is -0.126. The van der Waals surface area contributed by atoms with Gasteiger partial charge in [0.15, 0.2) is 5.65 Å². The number of carbonyl (C=O) groups is 2. The lowest BCUT2D eigenvalue weighted by Crippen LogP contribution is -2.43. The largest absolute Gasteiger partial charge is 0.374 e. The van der Waals surface area contributed by atoms with Crippen molar-refractivity contribution in [3.63, 3.8) is 0 Å². The molecule has 0 N–H and O–H groups in total. The summed E-state index contributed by atoms with van der Waals surface area (Å²) in [6.07, 6.45) is 8.61. The number of amides is 2. The van der Waals surface area contributed by atoms with Crippen LogP contribution in [0.4, 0.5) is 0 Å². The number of ether oxygens (including phenoxy) is 1. The molecule has 0 unspecified atom stereocenters. The van der Waals surface area contributed by atoms with Crippen LogP contribution in [0, 0.1) is 0 Å². The second-order valence-corrected chi connectivity index (χ2v) is 8.10. The zero-order valence-corrected chi connectivity index (χ0v) is 16.1. The van der Waals surface area contributed by atoms with Gasteiger partial charge in [-0.3, -0.25) is 9.59 Å². The van der Waals surface area contributed by atoms with Crippen molar-refractivity contribution in [1.29, 1.82) is 0 Å². The highest BCUT2D eigenvalue weighted by Gasteiger charge is 2.41. The molecule has 2 aromatic heterocycles. The molecule has 0 bridgehead atoms. The fraction of sp³-hybridized carbons (Fsp3) is 0.600. The van der Waals surface area contributed by atoms with Gasteiger partial charge in [-0.05, 0) is 18.9 Å². The average Bonchev–Trinajstić information content (AvgIpc) is 3.43. The standard InChI is InChI=1S/C20H25N5O3/c1-23-16-10-24(11-17(16)28-7-6-18(23)26)20(27)13-8-15-19(21-9-13)25(12-22-15)14-4-2-3-5-14/h8-9,12,14,16-17H,2-7,10-11H2,1H3/t16-,17-/m0/s1. The molecule has 0 aromatic carbocycles. The maximum Gasteiger partial charge on any atom is 0.255 e. The van der Waals surface area contributed by atoms with Gasteiger partial charge in [0.2, 0.25) is 5.91 Å². The van der Waals surface area contributed by atoms with Crippen molar-refractivity contribution < 1.29 is 14.3 Å². The third-order valence-corrected chi connectivity index (χ3v) is 6.44. The van der Waals surface area contributed by atoms with E-state index in [0.717, 1.165) is 24.0 Å². The van der Waals surface area contributed by atoms with Crippen LogP contribution in [-0.2, 0) is 9.53 Å². The Balaban J connectivity index is 1.37. The molecular formula is C20H25N5O3. The average molecular weight is 383 g/mol. The Morgan fingerprint density at radius 3 is 2.86 bits per heavy atom. The first-order valence-electron chi connectivity index (χ1n) is 10.1. The minimum absolute atomic E-state index is 0.0716. The van der Waals surface area contributed by atoms with Crippen molar-refractivity contribution in [3.8, 4) is 0 Å². The van der Waals surface area contributed by atoms with Gasteiger partial charge in [-0.15, -0.1) is 0 Å². The van der Waals surface area contributed by atoms with Gasteiger partial charge in [0, 0.05) is 32.4 Å². The molecular weight excluding hydrogens is 358 g/mol. The van der Waals surface area contributed by atoms with Crippen LogP contribution in [0.3, 0.4) is 0 Å². The normalized spacial score (nSPS) is 26.1. The predicted octanol–water partition coefficient (Wildman–Crippen LogP) is 1.62. The molecule has 148 valence electrons. The Hall–Kier alpha value is -2.48. The third kappa shape index (κ3) is 2.87. The van der Waals surface area contributed by atoms with Crippen molar-refractivity contribution in [2.75, 3.05) is 26.7 Å². The van der Waals surface area contributed by atoms with Crippen molar-refractivity contribution in [3.05, 3.63) is 24.2 Å². The lowest BCUT2D eigenvalue weighted by molar-refractivity contribution is -0.131. The summed E-state index contributed by atoms with van der Waals surface area (Å²) in [6.45, 7) is 1.40. The summed E-state index contributed by atoms with van der Waals surface area (Å²) in [5.74, 6) is -0.00956. The van der Waals surface area contributed by atoms with Crippen LogP contribution in [0.2, 0.25) is 0 Å². The quantitative estimate of drug-likeness (QED) is 0.787. The predicted molar refractivity (Wildman–Crippen MR) is 102 cm³/mol. The van der Waals surface area contributed by atoms with E-state index in [1.165, 1.54) is 12.8 Å². The maximum atomic E-state index is 13.1. The summed E-state index contributed by atoms with van der Waals surface area (Å²) in [5.41, 5.74) is 2.15. The third-order valence-electron chi connectivity index (χ3n) is 6.44. The molecule has 4 heterocycles. The smallest absolute Gasteiger partial charge is 0.255 e. The molecule has 5 rings (SSSR count). The first-order valence-corrected chi connectivity index (χ1v) is 10.1. The fourth-order valence-electron chi connectivity index (χ4n) is 4.79. The van der Waals surface area contributed by atoms with E-state index in [1.54, 1.807) is 23.0 Å². The summed E-state index contributed by atoms with van der Waals surface area (Å²) >= 11 is 0. The van der Waals surface area contributed by atoms with Gasteiger partial charge in [-0.25, -0.2) is 9.97 Å². The Morgan fingerprint density at radius 2 is 2.04 bits per heavy atom. The number of aromatic nitrogens is 3. The monoisotopic (exact) mass is 383 g/mol. The lowest BCUT2D eigenvalue weighted by Gasteiger charge is -2.25. The minimum Gasteiger partial charge on any atom is -0.374 e. The van der Waals surface area contributed by atoms with Crippen LogP contribution in [0.25, 0.3) is 11.2 Å². The summed E-state index contributed by atoms with van der Waals surface area (Å²) in [5, 5.41) is 0.